The Morgan fingerprint density at radius 3 is 2.82 bits per heavy atom. The number of nitrogens with one attached hydrogen (secondary N) is 1. The number of amides is 2. The maximum absolute atomic E-state index is 11.5. The number of hydrogen-bond acceptors (Lipinski definition) is 4. The average Bonchev–Trinajstić information content (AvgIpc) is 2.61. The van der Waals surface area contributed by atoms with Gasteiger partial charge in [-0.05, 0) is 12.3 Å². The minimum Gasteiger partial charge on any atom is -0.391 e. The monoisotopic (exact) mass is 260 g/mol. The molecule has 0 aromatic rings. The van der Waals surface area contributed by atoms with Crippen molar-refractivity contribution >= 4 is 23.6 Å². The van der Waals surface area contributed by atoms with Crippen LogP contribution in [-0.2, 0) is 9.59 Å². The number of carbonyl (C=O) groups is 2. The molecule has 1 fully saturated rings. The highest BCUT2D eigenvalue weighted by atomic mass is 32.2. The van der Waals surface area contributed by atoms with Crippen molar-refractivity contribution in [2.75, 3.05) is 24.7 Å². The van der Waals surface area contributed by atoms with Gasteiger partial charge in [0.15, 0.2) is 0 Å². The normalized spacial score (nSPS) is 17.6. The Labute approximate surface area is 106 Å². The average molecular weight is 260 g/mol. The van der Waals surface area contributed by atoms with Crippen molar-refractivity contribution in [3.8, 4) is 0 Å². The van der Waals surface area contributed by atoms with Gasteiger partial charge in [0.05, 0.1) is 17.7 Å². The Balaban J connectivity index is 2.18. The summed E-state index contributed by atoms with van der Waals surface area (Å²) in [6.07, 6.45) is 0.154. The van der Waals surface area contributed by atoms with E-state index in [4.69, 9.17) is 0 Å². The molecule has 6 heteroatoms. The number of aliphatic hydroxyl groups excluding tert-OH is 1. The van der Waals surface area contributed by atoms with Crippen molar-refractivity contribution in [1.82, 2.24) is 10.2 Å². The Bertz CT molecular complexity index is 284. The Morgan fingerprint density at radius 2 is 2.29 bits per heavy atom. The fourth-order valence-electron chi connectivity index (χ4n) is 1.63. The number of rotatable bonds is 6. The van der Waals surface area contributed by atoms with Crippen molar-refractivity contribution in [3.05, 3.63) is 0 Å². The van der Waals surface area contributed by atoms with E-state index in [1.54, 1.807) is 0 Å². The number of nitrogens with zero attached hydrogens (tertiary/aromatic N) is 1. The van der Waals surface area contributed by atoms with Crippen molar-refractivity contribution in [1.29, 1.82) is 0 Å². The van der Waals surface area contributed by atoms with Crippen LogP contribution in [0.3, 0.4) is 0 Å². The highest BCUT2D eigenvalue weighted by molar-refractivity contribution is 8.00. The molecule has 0 aromatic carbocycles. The van der Waals surface area contributed by atoms with E-state index in [0.717, 1.165) is 0 Å². The molecule has 5 nitrogen and oxygen atoms in total. The van der Waals surface area contributed by atoms with E-state index < -0.39 is 6.10 Å². The maximum Gasteiger partial charge on any atom is 0.239 e. The lowest BCUT2D eigenvalue weighted by Gasteiger charge is -2.16. The van der Waals surface area contributed by atoms with E-state index in [-0.39, 0.29) is 24.9 Å². The van der Waals surface area contributed by atoms with Gasteiger partial charge in [-0.1, -0.05) is 13.8 Å². The zero-order valence-corrected chi connectivity index (χ0v) is 11.1. The molecule has 1 rings (SSSR count). The van der Waals surface area contributed by atoms with Gasteiger partial charge in [-0.15, -0.1) is 11.8 Å². The molecule has 1 unspecified atom stereocenters. The third kappa shape index (κ3) is 5.41. The third-order valence-corrected chi connectivity index (χ3v) is 3.38. The van der Waals surface area contributed by atoms with Gasteiger partial charge in [-0.2, -0.15) is 0 Å². The van der Waals surface area contributed by atoms with E-state index in [9.17, 15) is 14.7 Å². The third-order valence-electron chi connectivity index (χ3n) is 2.44. The topological polar surface area (TPSA) is 69.6 Å². The molecule has 2 amide bonds. The molecule has 1 aliphatic heterocycles. The summed E-state index contributed by atoms with van der Waals surface area (Å²) in [5.74, 6) is 1.25. The SMILES string of the molecule is CC(C)CC(O)CNC(=O)CN1CSCC1=O. The fourth-order valence-corrected chi connectivity index (χ4v) is 2.53. The molecule has 0 spiro atoms. The summed E-state index contributed by atoms with van der Waals surface area (Å²) in [5.41, 5.74) is 0. The molecule has 0 radical (unpaired) electrons. The summed E-state index contributed by atoms with van der Waals surface area (Å²) in [7, 11) is 0. The van der Waals surface area contributed by atoms with Crippen LogP contribution in [0, 0.1) is 5.92 Å². The standard InChI is InChI=1S/C11H20N2O3S/c1-8(2)3-9(14)4-12-10(15)5-13-7-17-6-11(13)16/h8-9,14H,3-7H2,1-2H3,(H,12,15). The van der Waals surface area contributed by atoms with E-state index in [1.807, 2.05) is 13.8 Å². The fraction of sp³-hybridized carbons (Fsp3) is 0.818. The molecule has 0 aliphatic carbocycles. The van der Waals surface area contributed by atoms with Gasteiger partial charge in [-0.25, -0.2) is 0 Å². The van der Waals surface area contributed by atoms with Crippen LogP contribution >= 0.6 is 11.8 Å². The molecule has 98 valence electrons. The lowest BCUT2D eigenvalue weighted by atomic mass is 10.1. The number of carbonyl (C=O) groups excluding carboxylic acids is 2. The molecule has 1 heterocycles. The summed E-state index contributed by atoms with van der Waals surface area (Å²) < 4.78 is 0. The molecule has 17 heavy (non-hydrogen) atoms. The molecule has 2 N–H and O–H groups in total. The van der Waals surface area contributed by atoms with Gasteiger partial charge in [-0.3, -0.25) is 9.59 Å². The van der Waals surface area contributed by atoms with Gasteiger partial charge < -0.3 is 15.3 Å². The summed E-state index contributed by atoms with van der Waals surface area (Å²) in [6.45, 7) is 4.39. The zero-order valence-electron chi connectivity index (χ0n) is 10.3. The molecule has 1 aliphatic rings. The molecule has 0 bridgehead atoms. The van der Waals surface area contributed by atoms with Gasteiger partial charge in [0.2, 0.25) is 11.8 Å². The molecular formula is C11H20N2O3S. The number of hydrogen-bond donors (Lipinski definition) is 2. The van der Waals surface area contributed by atoms with E-state index in [1.165, 1.54) is 16.7 Å². The predicted octanol–water partition coefficient (Wildman–Crippen LogP) is 0.0425. The molecular weight excluding hydrogens is 240 g/mol. The first-order valence-electron chi connectivity index (χ1n) is 5.79. The van der Waals surface area contributed by atoms with Crippen molar-refractivity contribution in [2.45, 2.75) is 26.4 Å². The van der Waals surface area contributed by atoms with Crippen LogP contribution in [0.15, 0.2) is 0 Å². The Hall–Kier alpha value is -0.750. The van der Waals surface area contributed by atoms with E-state index in [0.29, 0.717) is 24.0 Å². The predicted molar refractivity (Wildman–Crippen MR) is 67.5 cm³/mol. The number of thioether (sulfide) groups is 1. The first-order valence-corrected chi connectivity index (χ1v) is 6.94. The second-order valence-corrected chi connectivity index (χ2v) is 5.61. The minimum atomic E-state index is -0.511. The van der Waals surface area contributed by atoms with Crippen LogP contribution in [0.25, 0.3) is 0 Å². The smallest absolute Gasteiger partial charge is 0.239 e. The van der Waals surface area contributed by atoms with Crippen LogP contribution in [0.5, 0.6) is 0 Å². The van der Waals surface area contributed by atoms with Crippen LogP contribution in [0.1, 0.15) is 20.3 Å². The van der Waals surface area contributed by atoms with Crippen LogP contribution in [-0.4, -0.2) is 52.6 Å². The summed E-state index contributed by atoms with van der Waals surface area (Å²) >= 11 is 1.51. The molecule has 1 saturated heterocycles. The van der Waals surface area contributed by atoms with Crippen LogP contribution in [0.2, 0.25) is 0 Å². The van der Waals surface area contributed by atoms with Gasteiger partial charge in [0.1, 0.15) is 6.54 Å². The summed E-state index contributed by atoms with van der Waals surface area (Å²) in [4.78, 5) is 24.3. The first-order chi connectivity index (χ1) is 7.99. The van der Waals surface area contributed by atoms with Gasteiger partial charge in [0.25, 0.3) is 0 Å². The second kappa shape index (κ2) is 6.86. The number of aliphatic hydroxyl groups is 1. The van der Waals surface area contributed by atoms with Gasteiger partial charge >= 0.3 is 0 Å². The first kappa shape index (κ1) is 14.3. The minimum absolute atomic E-state index is 0.00730. The van der Waals surface area contributed by atoms with Crippen molar-refractivity contribution in [3.63, 3.8) is 0 Å². The summed E-state index contributed by atoms with van der Waals surface area (Å²) in [6, 6.07) is 0. The highest BCUT2D eigenvalue weighted by Gasteiger charge is 2.22. The molecule has 1 atom stereocenters. The molecule has 0 saturated carbocycles. The van der Waals surface area contributed by atoms with Crippen LogP contribution < -0.4 is 5.32 Å². The Kier molecular flexibility index (Phi) is 5.77. The van der Waals surface area contributed by atoms with Crippen molar-refractivity contribution in [2.24, 2.45) is 5.92 Å². The summed E-state index contributed by atoms with van der Waals surface area (Å²) in [5, 5.41) is 12.2. The highest BCUT2D eigenvalue weighted by Crippen LogP contribution is 2.13. The van der Waals surface area contributed by atoms with Gasteiger partial charge in [0, 0.05) is 6.54 Å². The van der Waals surface area contributed by atoms with E-state index >= 15 is 0 Å². The van der Waals surface area contributed by atoms with Crippen LogP contribution in [0.4, 0.5) is 0 Å². The Morgan fingerprint density at radius 1 is 1.59 bits per heavy atom. The zero-order chi connectivity index (χ0) is 12.8. The molecule has 0 aromatic heterocycles. The lowest BCUT2D eigenvalue weighted by Crippen LogP contribution is -2.41. The van der Waals surface area contributed by atoms with Crippen molar-refractivity contribution < 1.29 is 14.7 Å². The maximum atomic E-state index is 11.5. The van der Waals surface area contributed by atoms with E-state index in [2.05, 4.69) is 5.32 Å². The lowest BCUT2D eigenvalue weighted by molar-refractivity contribution is -0.132. The largest absolute Gasteiger partial charge is 0.391 e. The quantitative estimate of drug-likeness (QED) is 0.707. The second-order valence-electron chi connectivity index (χ2n) is 4.66.